The number of piperidine rings is 1. The molecule has 426 valence electrons. The van der Waals surface area contributed by atoms with Crippen molar-refractivity contribution in [2.45, 2.75) is 89.8 Å². The largest absolute Gasteiger partial charge is 0.478 e. The van der Waals surface area contributed by atoms with Gasteiger partial charge in [0.05, 0.1) is 37.5 Å². The van der Waals surface area contributed by atoms with E-state index in [1.54, 1.807) is 0 Å². The number of hydrogen-bond donors (Lipinski definition) is 6. The molecule has 7 N–H and O–H groups in total. The number of esters is 1. The van der Waals surface area contributed by atoms with Gasteiger partial charge in [0.15, 0.2) is 26.9 Å². The molecular formula is C51H70Cl2N6O15S3. The van der Waals surface area contributed by atoms with Crippen LogP contribution in [0.4, 0.5) is 5.69 Å². The number of benzene rings is 4. The zero-order valence-electron chi connectivity index (χ0n) is 44.6. The number of aromatic carboxylic acids is 1. The summed E-state index contributed by atoms with van der Waals surface area (Å²) < 4.78 is 113. The van der Waals surface area contributed by atoms with E-state index in [1.807, 2.05) is 0 Å². The summed E-state index contributed by atoms with van der Waals surface area (Å²) in [6, 6.07) is 9.46. The first-order valence-electron chi connectivity index (χ1n) is 24.9. The van der Waals surface area contributed by atoms with E-state index < -0.39 is 96.8 Å². The second kappa shape index (κ2) is 29.1. The minimum absolute atomic E-state index is 0.0190. The number of anilines is 1. The molecule has 77 heavy (non-hydrogen) atoms. The van der Waals surface area contributed by atoms with Gasteiger partial charge < -0.3 is 39.6 Å². The van der Waals surface area contributed by atoms with Crippen LogP contribution in [0.5, 0.6) is 5.75 Å². The molecule has 0 saturated carbocycles. The summed E-state index contributed by atoms with van der Waals surface area (Å²) in [5.41, 5.74) is 3.23. The molecule has 1 fully saturated rings. The van der Waals surface area contributed by atoms with Crippen LogP contribution in [0.15, 0.2) is 73.7 Å². The summed E-state index contributed by atoms with van der Waals surface area (Å²) in [4.78, 5) is 45.2. The SMILES string of the molecule is CCN(CC)CC.CCN(CC)CC.CCN(CC)CC.N=c1ccc2c(-c3cc(C(=O)N4CCC(C(=O)Oc5c(Cl)cc(S(=O)(=O)O)cc5Cl)CC4)ccc3C(=O)O)c3ccc(N)c(S(=O)(=O)O)c3oc-2c1S(=O)(=O)O. The van der Waals surface area contributed by atoms with Crippen LogP contribution >= 0.6 is 23.2 Å². The zero-order valence-corrected chi connectivity index (χ0v) is 48.6. The van der Waals surface area contributed by atoms with E-state index in [-0.39, 0.29) is 69.4 Å². The van der Waals surface area contributed by atoms with E-state index in [0.29, 0.717) is 0 Å². The van der Waals surface area contributed by atoms with E-state index in [4.69, 9.17) is 43.5 Å². The Balaban J connectivity index is 0.000000624. The Morgan fingerprint density at radius 3 is 1.55 bits per heavy atom. The number of nitrogens with two attached hydrogens (primary N) is 1. The molecule has 0 bridgehead atoms. The highest BCUT2D eigenvalue weighted by atomic mass is 35.5. The molecule has 0 unspecified atom stereocenters. The van der Waals surface area contributed by atoms with Crippen LogP contribution in [-0.4, -0.2) is 153 Å². The lowest BCUT2D eigenvalue weighted by Gasteiger charge is -2.31. The minimum Gasteiger partial charge on any atom is -0.478 e. The van der Waals surface area contributed by atoms with Crippen molar-refractivity contribution in [3.05, 3.63) is 81.1 Å². The molecule has 2 aliphatic heterocycles. The number of carbonyl (C=O) groups is 3. The van der Waals surface area contributed by atoms with Crippen molar-refractivity contribution in [2.75, 3.05) is 77.7 Å². The monoisotopic (exact) mass is 1170 g/mol. The average Bonchev–Trinajstić information content (AvgIpc) is 3.37. The summed E-state index contributed by atoms with van der Waals surface area (Å²) in [6.07, 6.45) is 0.123. The van der Waals surface area contributed by atoms with Crippen LogP contribution in [0.25, 0.3) is 33.4 Å². The van der Waals surface area contributed by atoms with Crippen molar-refractivity contribution in [1.82, 2.24) is 19.6 Å². The van der Waals surface area contributed by atoms with Crippen LogP contribution < -0.4 is 15.8 Å². The van der Waals surface area contributed by atoms with Gasteiger partial charge in [0.1, 0.15) is 0 Å². The van der Waals surface area contributed by atoms with Gasteiger partial charge in [0.25, 0.3) is 36.3 Å². The summed E-state index contributed by atoms with van der Waals surface area (Å²) >= 11 is 12.1. The van der Waals surface area contributed by atoms with E-state index in [9.17, 15) is 58.4 Å². The number of hydrogen-bond acceptors (Lipinski definition) is 16. The number of ether oxygens (including phenoxy) is 1. The maximum atomic E-state index is 13.9. The highest BCUT2D eigenvalue weighted by molar-refractivity contribution is 7.86. The Bertz CT molecular complexity index is 3180. The Morgan fingerprint density at radius 2 is 1.14 bits per heavy atom. The van der Waals surface area contributed by atoms with Crippen LogP contribution in [-0.2, 0) is 35.1 Å². The average molecular weight is 1170 g/mol. The second-order valence-corrected chi connectivity index (χ2v) is 22.2. The molecular weight excluding hydrogens is 1100 g/mol. The Kier molecular flexibility index (Phi) is 25.0. The third-order valence-electron chi connectivity index (χ3n) is 12.9. The van der Waals surface area contributed by atoms with Crippen LogP contribution in [0.3, 0.4) is 0 Å². The summed E-state index contributed by atoms with van der Waals surface area (Å²) in [7, 11) is -15.2. The van der Waals surface area contributed by atoms with Crippen molar-refractivity contribution in [3.8, 4) is 28.2 Å². The third-order valence-corrected chi connectivity index (χ3v) is 16.1. The standard InChI is InChI=1S/C33H25Cl2N3O15S3.3C6H15N/c34-21-12-16(54(43,44)45)13-22(35)28(21)53-33(42)14-7-9-38(10-8-14)31(39)15-1-2-17(32(40)41)20(11-15)25-18-3-5-23(36)29(55(46,47)48)26(18)52-27-19(25)4-6-24(37)30(27)56(49,50)51;3*1-4-7(5-2)6-3/h1-6,11-14,36H,7-10,37H2,(H,40,41)(H,43,44,45)(H,46,47,48)(H,49,50,51);3*4-6H2,1-3H3. The molecule has 0 spiro atoms. The van der Waals surface area contributed by atoms with Crippen LogP contribution in [0, 0.1) is 11.3 Å². The number of carbonyl (C=O) groups excluding carboxylic acids is 2. The van der Waals surface area contributed by atoms with Crippen LogP contribution in [0.1, 0.15) is 95.9 Å². The smallest absolute Gasteiger partial charge is 0.336 e. The number of amides is 1. The van der Waals surface area contributed by atoms with Gasteiger partial charge in [0, 0.05) is 35.2 Å². The number of fused-ring (bicyclic) bond motifs is 2. The van der Waals surface area contributed by atoms with Gasteiger partial charge in [-0.25, -0.2) is 4.79 Å². The number of nitrogen functional groups attached to an aromatic ring is 1. The maximum Gasteiger partial charge on any atom is 0.336 e. The Morgan fingerprint density at radius 1 is 0.675 bits per heavy atom. The number of nitrogens with zero attached hydrogens (tertiary/aromatic N) is 4. The molecule has 3 aromatic carbocycles. The fourth-order valence-electron chi connectivity index (χ4n) is 8.35. The number of halogens is 2. The van der Waals surface area contributed by atoms with Crippen molar-refractivity contribution < 1.29 is 67.6 Å². The molecule has 6 rings (SSSR count). The van der Waals surface area contributed by atoms with Gasteiger partial charge in [-0.2, -0.15) is 25.3 Å². The predicted molar refractivity (Wildman–Crippen MR) is 296 cm³/mol. The Hall–Kier alpha value is -5.25. The third kappa shape index (κ3) is 17.1. The molecule has 0 radical (unpaired) electrons. The van der Waals surface area contributed by atoms with Gasteiger partial charge in [-0.05, 0) is 132 Å². The summed E-state index contributed by atoms with van der Waals surface area (Å²) in [5.74, 6) is -4.91. The normalized spacial score (nSPS) is 13.2. The maximum absolute atomic E-state index is 13.9. The fraction of sp³-hybridized carbons (Fsp3) is 0.451. The fourth-order valence-corrected chi connectivity index (χ4v) is 11.1. The van der Waals surface area contributed by atoms with E-state index in [2.05, 4.69) is 77.0 Å². The second-order valence-electron chi connectivity index (χ2n) is 17.2. The molecule has 0 aromatic heterocycles. The van der Waals surface area contributed by atoms with Crippen LogP contribution in [0.2, 0.25) is 10.0 Å². The van der Waals surface area contributed by atoms with Crippen molar-refractivity contribution in [3.63, 3.8) is 0 Å². The molecule has 2 heterocycles. The van der Waals surface area contributed by atoms with E-state index >= 15 is 0 Å². The van der Waals surface area contributed by atoms with Crippen molar-refractivity contribution in [2.24, 2.45) is 5.92 Å². The topological polar surface area (TPSA) is 320 Å². The van der Waals surface area contributed by atoms with Gasteiger partial charge in [0.2, 0.25) is 0 Å². The lowest BCUT2D eigenvalue weighted by atomic mass is 9.89. The van der Waals surface area contributed by atoms with Gasteiger partial charge >= 0.3 is 11.9 Å². The molecule has 21 nitrogen and oxygen atoms in total. The minimum atomic E-state index is -5.27. The molecule has 1 saturated heterocycles. The van der Waals surface area contributed by atoms with Gasteiger partial charge in [-0.15, -0.1) is 0 Å². The first kappa shape index (κ1) is 66.0. The lowest BCUT2D eigenvalue weighted by Crippen LogP contribution is -2.41. The first-order chi connectivity index (χ1) is 36.0. The predicted octanol–water partition coefficient (Wildman–Crippen LogP) is 8.51. The quantitative estimate of drug-likeness (QED) is 0.0167. The number of carboxylic acid groups (broad SMARTS) is 1. The molecule has 0 atom stereocenters. The number of nitrogens with one attached hydrogen (secondary N) is 1. The molecule has 3 aromatic rings. The van der Waals surface area contributed by atoms with E-state index in [1.165, 1.54) is 75.9 Å². The highest BCUT2D eigenvalue weighted by Crippen LogP contribution is 2.46. The number of likely N-dealkylation sites (tertiary alicyclic amines) is 1. The molecule has 3 aliphatic rings. The summed E-state index contributed by atoms with van der Waals surface area (Å²) in [6.45, 7) is 30.3. The summed E-state index contributed by atoms with van der Waals surface area (Å²) in [5, 5.41) is 16.6. The zero-order chi connectivity index (χ0) is 58.3. The first-order valence-corrected chi connectivity index (χ1v) is 29.9. The van der Waals surface area contributed by atoms with Crippen molar-refractivity contribution in [1.29, 1.82) is 5.41 Å². The lowest BCUT2D eigenvalue weighted by molar-refractivity contribution is -0.140. The van der Waals surface area contributed by atoms with E-state index in [0.717, 1.165) is 42.5 Å². The van der Waals surface area contributed by atoms with Crippen molar-refractivity contribution >= 4 is 88.1 Å². The number of carboxylic acids is 1. The number of rotatable bonds is 17. The molecule has 1 amide bonds. The van der Waals surface area contributed by atoms with Gasteiger partial charge in [-0.3, -0.25) is 28.7 Å². The molecule has 26 heteroatoms. The Labute approximate surface area is 461 Å². The van der Waals surface area contributed by atoms with Gasteiger partial charge in [-0.1, -0.05) is 85.5 Å². The highest BCUT2D eigenvalue weighted by Gasteiger charge is 2.34. The molecule has 1 aliphatic carbocycles.